The van der Waals surface area contributed by atoms with E-state index in [0.717, 1.165) is 51.5 Å². The highest BCUT2D eigenvalue weighted by molar-refractivity contribution is 14.0. The fraction of sp³-hybridized carbons (Fsp3) is 0.889. The van der Waals surface area contributed by atoms with E-state index >= 15 is 0 Å². The van der Waals surface area contributed by atoms with E-state index in [1.165, 1.54) is 19.4 Å². The second-order valence-corrected chi connectivity index (χ2v) is 7.00. The van der Waals surface area contributed by atoms with Crippen molar-refractivity contribution in [2.75, 3.05) is 52.9 Å². The van der Waals surface area contributed by atoms with Crippen molar-refractivity contribution in [2.45, 2.75) is 39.5 Å². The van der Waals surface area contributed by atoms with Crippen LogP contribution in [0.3, 0.4) is 0 Å². The van der Waals surface area contributed by atoms with Crippen LogP contribution >= 0.6 is 24.0 Å². The molecular weight excluding hydrogens is 431 g/mol. The van der Waals surface area contributed by atoms with E-state index in [2.05, 4.69) is 29.1 Å². The smallest absolute Gasteiger partial charge is 0.310 e. The van der Waals surface area contributed by atoms with Crippen molar-refractivity contribution in [3.05, 3.63) is 0 Å². The second-order valence-electron chi connectivity index (χ2n) is 7.00. The van der Waals surface area contributed by atoms with Crippen LogP contribution in [0.15, 0.2) is 4.99 Å². The van der Waals surface area contributed by atoms with Crippen LogP contribution in [0.5, 0.6) is 0 Å². The Morgan fingerprint density at radius 2 is 1.96 bits per heavy atom. The Hall–Kier alpha value is -0.570. The monoisotopic (exact) mass is 466 g/mol. The number of halogens is 1. The fourth-order valence-electron chi connectivity index (χ4n) is 3.69. The predicted octanol–water partition coefficient (Wildman–Crippen LogP) is 2.19. The number of rotatable bonds is 5. The Balaban J connectivity index is 0.00000312. The molecule has 7 heteroatoms. The summed E-state index contributed by atoms with van der Waals surface area (Å²) >= 11 is 0. The van der Waals surface area contributed by atoms with Gasteiger partial charge in [-0.25, -0.2) is 0 Å². The average Bonchev–Trinajstić information content (AvgIpc) is 2.59. The van der Waals surface area contributed by atoms with Crippen molar-refractivity contribution < 1.29 is 9.53 Å². The van der Waals surface area contributed by atoms with Crippen molar-refractivity contribution in [3.8, 4) is 0 Å². The van der Waals surface area contributed by atoms with Crippen LogP contribution in [0.25, 0.3) is 0 Å². The summed E-state index contributed by atoms with van der Waals surface area (Å²) in [5.41, 5.74) is 0. The molecule has 0 aromatic heterocycles. The molecule has 0 bridgehead atoms. The molecule has 2 rings (SSSR count). The van der Waals surface area contributed by atoms with Crippen LogP contribution in [-0.4, -0.2) is 74.7 Å². The normalized spacial score (nSPS) is 25.2. The SMILES string of the molecule is CCNC(=NCC1CCCN(C)C1)N1CCCC(C(=O)OCC)C1.I. The zero-order valence-corrected chi connectivity index (χ0v) is 18.3. The molecule has 0 amide bonds. The Bertz CT molecular complexity index is 433. The second kappa shape index (κ2) is 11.9. The van der Waals surface area contributed by atoms with Crippen molar-refractivity contribution >= 4 is 35.9 Å². The van der Waals surface area contributed by atoms with Gasteiger partial charge in [0.05, 0.1) is 12.5 Å². The molecule has 2 heterocycles. The Kier molecular flexibility index (Phi) is 10.7. The lowest BCUT2D eigenvalue weighted by atomic mass is 9.98. The molecule has 2 saturated heterocycles. The van der Waals surface area contributed by atoms with Crippen molar-refractivity contribution in [3.63, 3.8) is 0 Å². The molecule has 0 aromatic rings. The Morgan fingerprint density at radius 3 is 2.64 bits per heavy atom. The molecule has 146 valence electrons. The number of hydrogen-bond acceptors (Lipinski definition) is 4. The molecule has 0 spiro atoms. The lowest BCUT2D eigenvalue weighted by molar-refractivity contribution is -0.149. The first-order chi connectivity index (χ1) is 11.6. The van der Waals surface area contributed by atoms with Gasteiger partial charge in [-0.05, 0) is 59.0 Å². The van der Waals surface area contributed by atoms with Crippen molar-refractivity contribution in [1.82, 2.24) is 15.1 Å². The highest BCUT2D eigenvalue weighted by Crippen LogP contribution is 2.19. The summed E-state index contributed by atoms with van der Waals surface area (Å²) in [6, 6.07) is 0. The van der Waals surface area contributed by atoms with Gasteiger partial charge in [0.15, 0.2) is 5.96 Å². The number of likely N-dealkylation sites (tertiary alicyclic amines) is 2. The molecular formula is C18H35IN4O2. The maximum absolute atomic E-state index is 12.1. The molecule has 2 atom stereocenters. The maximum Gasteiger partial charge on any atom is 0.310 e. The van der Waals surface area contributed by atoms with E-state index in [-0.39, 0.29) is 35.9 Å². The molecule has 2 aliphatic rings. The standard InChI is InChI=1S/C18H34N4O2.HI/c1-4-19-18(20-12-15-8-6-10-21(3)13-15)22-11-7-9-16(14-22)17(23)24-5-2;/h15-16H,4-14H2,1-3H3,(H,19,20);1H. The molecule has 2 fully saturated rings. The number of ether oxygens (including phenoxy) is 1. The summed E-state index contributed by atoms with van der Waals surface area (Å²) < 4.78 is 5.20. The number of piperidine rings is 2. The quantitative estimate of drug-likeness (QED) is 0.292. The summed E-state index contributed by atoms with van der Waals surface area (Å²) in [5, 5.41) is 3.40. The molecule has 0 aliphatic carbocycles. The number of nitrogens with zero attached hydrogens (tertiary/aromatic N) is 3. The number of esters is 1. The van der Waals surface area contributed by atoms with E-state index in [4.69, 9.17) is 9.73 Å². The van der Waals surface area contributed by atoms with Gasteiger partial charge in [0, 0.05) is 32.7 Å². The third-order valence-corrected chi connectivity index (χ3v) is 4.90. The fourth-order valence-corrected chi connectivity index (χ4v) is 3.69. The molecule has 0 saturated carbocycles. The van der Waals surface area contributed by atoms with Crippen LogP contribution < -0.4 is 5.32 Å². The first kappa shape index (κ1) is 22.5. The number of carbonyl (C=O) groups excluding carboxylic acids is 1. The highest BCUT2D eigenvalue weighted by Gasteiger charge is 2.28. The van der Waals surface area contributed by atoms with Gasteiger partial charge in [-0.1, -0.05) is 0 Å². The minimum atomic E-state index is -0.0630. The summed E-state index contributed by atoms with van der Waals surface area (Å²) in [5.74, 6) is 1.51. The van der Waals surface area contributed by atoms with Crippen LogP contribution in [0.4, 0.5) is 0 Å². The van der Waals surface area contributed by atoms with E-state index in [1.807, 2.05) is 6.92 Å². The predicted molar refractivity (Wildman–Crippen MR) is 113 cm³/mol. The molecule has 2 unspecified atom stereocenters. The minimum absolute atomic E-state index is 0. The summed E-state index contributed by atoms with van der Waals surface area (Å²) in [6.07, 6.45) is 4.46. The van der Waals surface area contributed by atoms with Crippen LogP contribution in [0.1, 0.15) is 39.5 Å². The van der Waals surface area contributed by atoms with Crippen LogP contribution in [-0.2, 0) is 9.53 Å². The largest absolute Gasteiger partial charge is 0.466 e. The molecule has 2 aliphatic heterocycles. The van der Waals surface area contributed by atoms with Crippen molar-refractivity contribution in [1.29, 1.82) is 0 Å². The van der Waals surface area contributed by atoms with Gasteiger partial charge < -0.3 is 19.9 Å². The van der Waals surface area contributed by atoms with Gasteiger partial charge in [0.25, 0.3) is 0 Å². The lowest BCUT2D eigenvalue weighted by Crippen LogP contribution is -2.48. The lowest BCUT2D eigenvalue weighted by Gasteiger charge is -2.34. The van der Waals surface area contributed by atoms with Gasteiger partial charge in [0.2, 0.25) is 0 Å². The third kappa shape index (κ3) is 7.29. The van der Waals surface area contributed by atoms with Gasteiger partial charge >= 0.3 is 5.97 Å². The average molecular weight is 466 g/mol. The zero-order chi connectivity index (χ0) is 17.4. The van der Waals surface area contributed by atoms with Gasteiger partial charge in [-0.3, -0.25) is 9.79 Å². The first-order valence-corrected chi connectivity index (χ1v) is 9.52. The Morgan fingerprint density at radius 1 is 1.20 bits per heavy atom. The molecule has 1 N–H and O–H groups in total. The van der Waals surface area contributed by atoms with Crippen LogP contribution in [0.2, 0.25) is 0 Å². The van der Waals surface area contributed by atoms with E-state index in [1.54, 1.807) is 0 Å². The van der Waals surface area contributed by atoms with E-state index in [9.17, 15) is 4.79 Å². The maximum atomic E-state index is 12.1. The van der Waals surface area contributed by atoms with E-state index < -0.39 is 0 Å². The molecule has 0 radical (unpaired) electrons. The highest BCUT2D eigenvalue weighted by atomic mass is 127. The zero-order valence-electron chi connectivity index (χ0n) is 16.0. The number of carbonyl (C=O) groups is 1. The van der Waals surface area contributed by atoms with Gasteiger partial charge in [0.1, 0.15) is 0 Å². The summed E-state index contributed by atoms with van der Waals surface area (Å²) in [6.45, 7) is 10.2. The number of hydrogen-bond donors (Lipinski definition) is 1. The molecule has 6 nitrogen and oxygen atoms in total. The van der Waals surface area contributed by atoms with Crippen molar-refractivity contribution in [2.24, 2.45) is 16.8 Å². The van der Waals surface area contributed by atoms with E-state index in [0.29, 0.717) is 12.5 Å². The third-order valence-electron chi connectivity index (χ3n) is 4.90. The van der Waals surface area contributed by atoms with Gasteiger partial charge in [-0.15, -0.1) is 24.0 Å². The minimum Gasteiger partial charge on any atom is -0.466 e. The summed E-state index contributed by atoms with van der Waals surface area (Å²) in [4.78, 5) is 21.6. The molecule has 25 heavy (non-hydrogen) atoms. The first-order valence-electron chi connectivity index (χ1n) is 9.52. The topological polar surface area (TPSA) is 57.2 Å². The van der Waals surface area contributed by atoms with Gasteiger partial charge in [-0.2, -0.15) is 0 Å². The number of guanidine groups is 1. The summed E-state index contributed by atoms with van der Waals surface area (Å²) in [7, 11) is 2.19. The van der Waals surface area contributed by atoms with Crippen LogP contribution in [0, 0.1) is 11.8 Å². The number of nitrogens with one attached hydrogen (secondary N) is 1. The Labute approximate surface area is 169 Å². The molecule has 0 aromatic carbocycles. The number of aliphatic imine (C=N–C) groups is 1.